The SMILES string of the molecule is C=C/C=C(\CC)NC(C)C. The molecule has 0 spiro atoms. The van der Waals surface area contributed by atoms with E-state index in [0.717, 1.165) is 6.42 Å². The molecule has 0 heterocycles. The van der Waals surface area contributed by atoms with Gasteiger partial charge in [-0.1, -0.05) is 19.6 Å². The second-order valence-corrected chi connectivity index (χ2v) is 2.58. The minimum atomic E-state index is 0.520. The summed E-state index contributed by atoms with van der Waals surface area (Å²) in [7, 11) is 0. The highest BCUT2D eigenvalue weighted by Crippen LogP contribution is 1.96. The van der Waals surface area contributed by atoms with Gasteiger partial charge in [0.2, 0.25) is 0 Å². The summed E-state index contributed by atoms with van der Waals surface area (Å²) in [4.78, 5) is 0. The summed E-state index contributed by atoms with van der Waals surface area (Å²) in [6, 6.07) is 0.520. The predicted octanol–water partition coefficient (Wildman–Crippen LogP) is 2.46. The lowest BCUT2D eigenvalue weighted by Crippen LogP contribution is -2.21. The summed E-state index contributed by atoms with van der Waals surface area (Å²) in [5, 5.41) is 3.32. The Bertz CT molecular complexity index is 123. The van der Waals surface area contributed by atoms with Crippen LogP contribution in [0.2, 0.25) is 0 Å². The number of hydrogen-bond acceptors (Lipinski definition) is 1. The van der Waals surface area contributed by atoms with E-state index in [9.17, 15) is 0 Å². The van der Waals surface area contributed by atoms with E-state index in [1.807, 2.05) is 12.2 Å². The third-order valence-corrected chi connectivity index (χ3v) is 1.17. The number of rotatable bonds is 4. The van der Waals surface area contributed by atoms with Gasteiger partial charge in [-0.25, -0.2) is 0 Å². The Hall–Kier alpha value is -0.720. The molecule has 1 nitrogen and oxygen atoms in total. The summed E-state index contributed by atoms with van der Waals surface area (Å²) in [6.45, 7) is 10.0. The molecule has 0 fully saturated rings. The third-order valence-electron chi connectivity index (χ3n) is 1.17. The summed E-state index contributed by atoms with van der Waals surface area (Å²) in [5.41, 5.74) is 1.25. The zero-order valence-electron chi connectivity index (χ0n) is 7.15. The smallest absolute Gasteiger partial charge is 0.0201 e. The number of hydrogen-bond donors (Lipinski definition) is 1. The van der Waals surface area contributed by atoms with Crippen molar-refractivity contribution in [1.29, 1.82) is 0 Å². The van der Waals surface area contributed by atoms with Crippen LogP contribution in [0.1, 0.15) is 27.2 Å². The van der Waals surface area contributed by atoms with Gasteiger partial charge in [0.05, 0.1) is 0 Å². The van der Waals surface area contributed by atoms with E-state index >= 15 is 0 Å². The van der Waals surface area contributed by atoms with E-state index in [1.165, 1.54) is 5.70 Å². The second kappa shape index (κ2) is 5.10. The summed E-state index contributed by atoms with van der Waals surface area (Å²) in [5.74, 6) is 0. The molecule has 0 aliphatic carbocycles. The van der Waals surface area contributed by atoms with Gasteiger partial charge < -0.3 is 5.32 Å². The quantitative estimate of drug-likeness (QED) is 0.590. The molecule has 0 saturated heterocycles. The van der Waals surface area contributed by atoms with Gasteiger partial charge in [0.25, 0.3) is 0 Å². The van der Waals surface area contributed by atoms with E-state index in [-0.39, 0.29) is 0 Å². The molecule has 1 N–H and O–H groups in total. The van der Waals surface area contributed by atoms with E-state index < -0.39 is 0 Å². The van der Waals surface area contributed by atoms with Crippen molar-refractivity contribution >= 4 is 0 Å². The molecule has 10 heavy (non-hydrogen) atoms. The molecule has 1 heteroatoms. The van der Waals surface area contributed by atoms with Gasteiger partial charge in [-0.3, -0.25) is 0 Å². The first-order valence-electron chi connectivity index (χ1n) is 3.78. The largest absolute Gasteiger partial charge is 0.386 e. The second-order valence-electron chi connectivity index (χ2n) is 2.58. The zero-order chi connectivity index (χ0) is 7.98. The van der Waals surface area contributed by atoms with Crippen LogP contribution in [-0.2, 0) is 0 Å². The van der Waals surface area contributed by atoms with Gasteiger partial charge in [0.1, 0.15) is 0 Å². The average Bonchev–Trinajstić information content (AvgIpc) is 1.86. The Labute approximate surface area is 63.8 Å². The maximum atomic E-state index is 3.64. The van der Waals surface area contributed by atoms with Crippen LogP contribution in [0.4, 0.5) is 0 Å². The number of allylic oxidation sites excluding steroid dienone is 3. The molecule has 0 aliphatic rings. The molecular formula is C9H17N. The fourth-order valence-corrected chi connectivity index (χ4v) is 0.781. The van der Waals surface area contributed by atoms with Gasteiger partial charge in [-0.05, 0) is 26.3 Å². The minimum Gasteiger partial charge on any atom is -0.386 e. The van der Waals surface area contributed by atoms with Crippen molar-refractivity contribution in [3.8, 4) is 0 Å². The molecule has 0 unspecified atom stereocenters. The van der Waals surface area contributed by atoms with E-state index in [1.54, 1.807) is 0 Å². The lowest BCUT2D eigenvalue weighted by atomic mass is 10.3. The van der Waals surface area contributed by atoms with Gasteiger partial charge in [-0.15, -0.1) is 0 Å². The van der Waals surface area contributed by atoms with Crippen LogP contribution in [-0.4, -0.2) is 6.04 Å². The van der Waals surface area contributed by atoms with Crippen molar-refractivity contribution in [2.75, 3.05) is 0 Å². The first kappa shape index (κ1) is 9.28. The Balaban J connectivity index is 3.82. The first-order chi connectivity index (χ1) is 4.70. The molecule has 0 bridgehead atoms. The number of nitrogens with one attached hydrogen (secondary N) is 1. The third kappa shape index (κ3) is 4.19. The van der Waals surface area contributed by atoms with Crippen molar-refractivity contribution in [3.05, 3.63) is 24.4 Å². The highest BCUT2D eigenvalue weighted by molar-refractivity contribution is 5.08. The van der Waals surface area contributed by atoms with Crippen molar-refractivity contribution in [1.82, 2.24) is 5.32 Å². The van der Waals surface area contributed by atoms with Crippen molar-refractivity contribution in [3.63, 3.8) is 0 Å². The van der Waals surface area contributed by atoms with Crippen molar-refractivity contribution < 1.29 is 0 Å². The molecule has 0 aromatic carbocycles. The minimum absolute atomic E-state index is 0.520. The highest BCUT2D eigenvalue weighted by Gasteiger charge is 1.93. The van der Waals surface area contributed by atoms with Crippen LogP contribution in [0, 0.1) is 0 Å². The highest BCUT2D eigenvalue weighted by atomic mass is 14.9. The molecule has 0 aromatic rings. The van der Waals surface area contributed by atoms with Gasteiger partial charge >= 0.3 is 0 Å². The van der Waals surface area contributed by atoms with Crippen LogP contribution >= 0.6 is 0 Å². The van der Waals surface area contributed by atoms with Crippen LogP contribution in [0.15, 0.2) is 24.4 Å². The average molecular weight is 139 g/mol. The fourth-order valence-electron chi connectivity index (χ4n) is 0.781. The van der Waals surface area contributed by atoms with E-state index in [4.69, 9.17) is 0 Å². The monoisotopic (exact) mass is 139 g/mol. The van der Waals surface area contributed by atoms with Crippen LogP contribution < -0.4 is 5.32 Å². The predicted molar refractivity (Wildman–Crippen MR) is 46.8 cm³/mol. The lowest BCUT2D eigenvalue weighted by molar-refractivity contribution is 0.651. The Morgan fingerprint density at radius 3 is 2.50 bits per heavy atom. The Morgan fingerprint density at radius 1 is 1.60 bits per heavy atom. The molecule has 0 rings (SSSR count). The first-order valence-corrected chi connectivity index (χ1v) is 3.78. The zero-order valence-corrected chi connectivity index (χ0v) is 7.15. The summed E-state index contributed by atoms with van der Waals surface area (Å²) >= 11 is 0. The fraction of sp³-hybridized carbons (Fsp3) is 0.556. The van der Waals surface area contributed by atoms with Gasteiger partial charge in [-0.2, -0.15) is 0 Å². The maximum Gasteiger partial charge on any atom is 0.0201 e. The summed E-state index contributed by atoms with van der Waals surface area (Å²) in [6.07, 6.45) is 4.87. The van der Waals surface area contributed by atoms with E-state index in [0.29, 0.717) is 6.04 Å². The van der Waals surface area contributed by atoms with Crippen molar-refractivity contribution in [2.45, 2.75) is 33.2 Å². The van der Waals surface area contributed by atoms with Crippen LogP contribution in [0.5, 0.6) is 0 Å². The maximum absolute atomic E-state index is 3.64. The van der Waals surface area contributed by atoms with Gasteiger partial charge in [0, 0.05) is 11.7 Å². The topological polar surface area (TPSA) is 12.0 Å². The molecule has 0 atom stereocenters. The standard InChI is InChI=1S/C9H17N/c1-5-7-9(6-2)10-8(3)4/h5,7-8,10H,1,6H2,2-4H3/b9-7+. The molecule has 58 valence electrons. The molecule has 0 radical (unpaired) electrons. The molecular weight excluding hydrogens is 122 g/mol. The summed E-state index contributed by atoms with van der Waals surface area (Å²) < 4.78 is 0. The van der Waals surface area contributed by atoms with Gasteiger partial charge in [0.15, 0.2) is 0 Å². The molecule has 0 amide bonds. The van der Waals surface area contributed by atoms with Crippen LogP contribution in [0.25, 0.3) is 0 Å². The lowest BCUT2D eigenvalue weighted by Gasteiger charge is -2.11. The molecule has 0 aliphatic heterocycles. The normalized spacial score (nSPS) is 11.8. The Morgan fingerprint density at radius 2 is 2.20 bits per heavy atom. The van der Waals surface area contributed by atoms with E-state index in [2.05, 4.69) is 32.7 Å². The van der Waals surface area contributed by atoms with Crippen molar-refractivity contribution in [2.24, 2.45) is 0 Å². The molecule has 0 saturated carbocycles. The molecule has 0 aromatic heterocycles. The Kier molecular flexibility index (Phi) is 4.73. The van der Waals surface area contributed by atoms with Crippen LogP contribution in [0.3, 0.4) is 0 Å².